The number of benzene rings is 2. The van der Waals surface area contributed by atoms with Gasteiger partial charge in [-0.3, -0.25) is 9.59 Å². The van der Waals surface area contributed by atoms with Gasteiger partial charge >= 0.3 is 5.91 Å². The molecule has 0 saturated carbocycles. The Labute approximate surface area is 156 Å². The van der Waals surface area contributed by atoms with E-state index in [1.807, 2.05) is 30.3 Å². The minimum absolute atomic E-state index is 0.250. The Hall–Kier alpha value is -3.74. The lowest BCUT2D eigenvalue weighted by Gasteiger charge is -2.16. The molecule has 134 valence electrons. The number of nitroso groups, excluding NO2 is 1. The number of carbonyl (C=O) groups excluding carboxylic acids is 2. The van der Waals surface area contributed by atoms with Gasteiger partial charge < -0.3 is 10.4 Å². The van der Waals surface area contributed by atoms with Crippen LogP contribution >= 0.6 is 0 Å². The first-order valence-corrected chi connectivity index (χ1v) is 8.04. The van der Waals surface area contributed by atoms with E-state index in [1.165, 1.54) is 19.1 Å². The summed E-state index contributed by atoms with van der Waals surface area (Å²) in [5.41, 5.74) is 1.78. The first-order valence-electron chi connectivity index (χ1n) is 8.04. The van der Waals surface area contributed by atoms with Gasteiger partial charge in [0.2, 0.25) is 0 Å². The second kappa shape index (κ2) is 9.67. The summed E-state index contributed by atoms with van der Waals surface area (Å²) < 4.78 is 0. The number of carbonyl (C=O) groups is 2. The maximum absolute atomic E-state index is 12.1. The second-order valence-corrected chi connectivity index (χ2v) is 5.56. The number of nitrogens with one attached hydrogen (secondary N) is 1. The molecule has 2 aromatic rings. The van der Waals surface area contributed by atoms with E-state index in [-0.39, 0.29) is 5.56 Å². The van der Waals surface area contributed by atoms with Gasteiger partial charge in [-0.2, -0.15) is 0 Å². The predicted molar refractivity (Wildman–Crippen MR) is 100 cm³/mol. The molecule has 0 aliphatic carbocycles. The molecule has 2 aromatic carbocycles. The molecule has 0 aliphatic heterocycles. The number of hydrogen-bond donors (Lipinski definition) is 2. The number of amides is 2. The lowest BCUT2D eigenvalue weighted by molar-refractivity contribution is -0.122. The Kier molecular flexibility index (Phi) is 7.01. The molecule has 0 saturated heterocycles. The van der Waals surface area contributed by atoms with Crippen molar-refractivity contribution in [3.8, 4) is 23.7 Å². The number of hydrogen-bond acceptors (Lipinski definition) is 4. The van der Waals surface area contributed by atoms with Crippen molar-refractivity contribution in [2.45, 2.75) is 19.1 Å². The first-order chi connectivity index (χ1) is 13.0. The number of aliphatic hydroxyl groups excluding tert-OH is 1. The van der Waals surface area contributed by atoms with Crippen LogP contribution in [0.3, 0.4) is 0 Å². The molecule has 6 nitrogen and oxygen atoms in total. The summed E-state index contributed by atoms with van der Waals surface area (Å²) in [5, 5.41) is 14.0. The van der Waals surface area contributed by atoms with E-state index in [1.54, 1.807) is 12.1 Å². The smallest absolute Gasteiger partial charge is 0.311 e. The summed E-state index contributed by atoms with van der Waals surface area (Å²) >= 11 is 0. The van der Waals surface area contributed by atoms with Crippen LogP contribution in [-0.4, -0.2) is 29.1 Å². The fourth-order valence-corrected chi connectivity index (χ4v) is 2.10. The van der Waals surface area contributed by atoms with Crippen LogP contribution in [0.25, 0.3) is 0 Å². The van der Waals surface area contributed by atoms with Gasteiger partial charge in [-0.1, -0.05) is 30.0 Å². The van der Waals surface area contributed by atoms with Crippen LogP contribution in [0, 0.1) is 28.6 Å². The third kappa shape index (κ3) is 5.93. The Balaban J connectivity index is 2.04. The molecule has 2 rings (SSSR count). The number of aliphatic hydroxyl groups is 1. The van der Waals surface area contributed by atoms with Crippen molar-refractivity contribution in [1.82, 2.24) is 5.32 Å². The third-order valence-corrected chi connectivity index (χ3v) is 3.52. The largest absolute Gasteiger partial charge is 0.391 e. The highest BCUT2D eigenvalue weighted by molar-refractivity contribution is 5.97. The van der Waals surface area contributed by atoms with E-state index in [2.05, 4.69) is 34.2 Å². The molecule has 0 fully saturated rings. The molecule has 0 radical (unpaired) electrons. The fraction of sp³-hybridized carbons (Fsp3) is 0.143. The molecule has 2 N–H and O–H groups in total. The van der Waals surface area contributed by atoms with Crippen LogP contribution < -0.4 is 5.32 Å². The van der Waals surface area contributed by atoms with Crippen LogP contribution in [0.1, 0.15) is 28.4 Å². The van der Waals surface area contributed by atoms with E-state index in [9.17, 15) is 19.6 Å². The summed E-state index contributed by atoms with van der Waals surface area (Å²) in [4.78, 5) is 33.8. The Bertz CT molecular complexity index is 943. The van der Waals surface area contributed by atoms with Crippen LogP contribution in [0.2, 0.25) is 0 Å². The number of rotatable bonds is 4. The molecule has 0 heterocycles. The molecule has 0 aromatic heterocycles. The highest BCUT2D eigenvalue weighted by Crippen LogP contribution is 2.05. The highest BCUT2D eigenvalue weighted by atomic mass is 16.3. The van der Waals surface area contributed by atoms with Crippen molar-refractivity contribution in [2.24, 2.45) is 5.18 Å². The third-order valence-electron chi connectivity index (χ3n) is 3.52. The van der Waals surface area contributed by atoms with Crippen LogP contribution in [0.5, 0.6) is 0 Å². The van der Waals surface area contributed by atoms with E-state index < -0.39 is 24.0 Å². The minimum atomic E-state index is -1.39. The van der Waals surface area contributed by atoms with Crippen LogP contribution in [0.4, 0.5) is 0 Å². The highest BCUT2D eigenvalue weighted by Gasteiger charge is 2.26. The molecule has 6 heteroatoms. The van der Waals surface area contributed by atoms with Crippen molar-refractivity contribution < 1.29 is 14.7 Å². The monoisotopic (exact) mass is 360 g/mol. The van der Waals surface area contributed by atoms with Gasteiger partial charge in [-0.15, -0.1) is 4.91 Å². The molecular formula is C21H16N2O4. The van der Waals surface area contributed by atoms with Crippen LogP contribution in [0.15, 0.2) is 59.8 Å². The molecule has 27 heavy (non-hydrogen) atoms. The van der Waals surface area contributed by atoms with Crippen molar-refractivity contribution >= 4 is 11.8 Å². The molecule has 2 atom stereocenters. The maximum Gasteiger partial charge on any atom is 0.311 e. The van der Waals surface area contributed by atoms with E-state index in [0.29, 0.717) is 5.56 Å². The lowest BCUT2D eigenvalue weighted by atomic mass is 10.1. The summed E-state index contributed by atoms with van der Waals surface area (Å²) in [6.07, 6.45) is -1.24. The summed E-state index contributed by atoms with van der Waals surface area (Å²) in [7, 11) is 0. The SMILES string of the molecule is C[C@@H](O)[C@H](NC(=O)c1ccc(C#CC#Cc2ccccc2)cc1)C(=O)N=O. The van der Waals surface area contributed by atoms with Crippen molar-refractivity contribution in [2.75, 3.05) is 0 Å². The summed E-state index contributed by atoms with van der Waals surface area (Å²) in [6, 6.07) is 14.4. The summed E-state index contributed by atoms with van der Waals surface area (Å²) in [6.45, 7) is 1.28. The van der Waals surface area contributed by atoms with Gasteiger partial charge in [0.1, 0.15) is 6.04 Å². The van der Waals surface area contributed by atoms with Gasteiger partial charge in [-0.05, 0) is 55.2 Å². The second-order valence-electron chi connectivity index (χ2n) is 5.56. The Morgan fingerprint density at radius 3 is 2.04 bits per heavy atom. The molecule has 0 spiro atoms. The molecule has 2 amide bonds. The van der Waals surface area contributed by atoms with Gasteiger partial charge in [0.15, 0.2) is 0 Å². The minimum Gasteiger partial charge on any atom is -0.391 e. The van der Waals surface area contributed by atoms with Gasteiger partial charge in [0.05, 0.1) is 6.10 Å². The topological polar surface area (TPSA) is 95.8 Å². The molecule has 0 unspecified atom stereocenters. The van der Waals surface area contributed by atoms with E-state index in [4.69, 9.17) is 0 Å². The standard InChI is InChI=1S/C21H16N2O4/c1-15(24)19(21(26)23-27)22-20(25)18-13-11-17(12-14-18)10-6-5-9-16-7-3-2-4-8-16/h2-4,7-8,11-15,19,24H,1H3,(H,22,25)/t15-,19+/m1/s1. The normalized spacial score (nSPS) is 11.6. The van der Waals surface area contributed by atoms with E-state index in [0.717, 1.165) is 5.56 Å². The predicted octanol–water partition coefficient (Wildman–Crippen LogP) is 1.86. The van der Waals surface area contributed by atoms with Gasteiger partial charge in [-0.25, -0.2) is 0 Å². The van der Waals surface area contributed by atoms with Crippen molar-refractivity contribution in [3.63, 3.8) is 0 Å². The van der Waals surface area contributed by atoms with E-state index >= 15 is 0 Å². The molecule has 0 aliphatic rings. The van der Waals surface area contributed by atoms with Crippen molar-refractivity contribution in [1.29, 1.82) is 0 Å². The lowest BCUT2D eigenvalue weighted by Crippen LogP contribution is -2.47. The number of nitrogens with zero attached hydrogens (tertiary/aromatic N) is 1. The van der Waals surface area contributed by atoms with Gasteiger partial charge in [0, 0.05) is 21.9 Å². The fourth-order valence-electron chi connectivity index (χ4n) is 2.10. The average molecular weight is 360 g/mol. The van der Waals surface area contributed by atoms with Crippen molar-refractivity contribution in [3.05, 3.63) is 76.2 Å². The molecule has 0 bridgehead atoms. The Morgan fingerprint density at radius 2 is 1.52 bits per heavy atom. The zero-order valence-electron chi connectivity index (χ0n) is 14.5. The zero-order valence-corrected chi connectivity index (χ0v) is 14.5. The first kappa shape index (κ1) is 19.6. The zero-order chi connectivity index (χ0) is 19.6. The average Bonchev–Trinajstić information content (AvgIpc) is 2.69. The van der Waals surface area contributed by atoms with Gasteiger partial charge in [0.25, 0.3) is 5.91 Å². The molecular weight excluding hydrogens is 344 g/mol. The quantitative estimate of drug-likeness (QED) is 0.643. The summed E-state index contributed by atoms with van der Waals surface area (Å²) in [5.74, 6) is 9.51. The maximum atomic E-state index is 12.1. The van der Waals surface area contributed by atoms with Crippen LogP contribution in [-0.2, 0) is 4.79 Å². The Morgan fingerprint density at radius 1 is 0.963 bits per heavy atom.